The molecule has 0 heterocycles. The Morgan fingerprint density at radius 2 is 1.83 bits per heavy atom. The van der Waals surface area contributed by atoms with Gasteiger partial charge in [-0.15, -0.1) is 0 Å². The van der Waals surface area contributed by atoms with E-state index in [9.17, 15) is 4.79 Å². The highest BCUT2D eigenvalue weighted by atomic mass is 16.1. The Hall–Kier alpha value is -0.330. The third-order valence-corrected chi connectivity index (χ3v) is 4.66. The lowest BCUT2D eigenvalue weighted by atomic mass is 9.78. The van der Waals surface area contributed by atoms with Gasteiger partial charge in [-0.3, -0.25) is 0 Å². The van der Waals surface area contributed by atoms with E-state index in [0.717, 1.165) is 23.7 Å². The molecule has 0 amide bonds. The van der Waals surface area contributed by atoms with Gasteiger partial charge in [-0.25, -0.2) is 0 Å². The first-order valence-electron chi connectivity index (χ1n) is 5.35. The molecule has 0 aliphatic heterocycles. The van der Waals surface area contributed by atoms with Crippen molar-refractivity contribution < 1.29 is 4.79 Å². The lowest BCUT2D eigenvalue weighted by molar-refractivity contribution is -0.112. The largest absolute Gasteiger partial charge is 0.303 e. The molecule has 0 radical (unpaired) electrons. The summed E-state index contributed by atoms with van der Waals surface area (Å²) in [5.41, 5.74) is 0. The zero-order chi connectivity index (χ0) is 8.13. The van der Waals surface area contributed by atoms with Gasteiger partial charge in [0.1, 0.15) is 6.29 Å². The first kappa shape index (κ1) is 7.11. The Labute approximate surface area is 73.5 Å². The summed E-state index contributed by atoms with van der Waals surface area (Å²) in [5, 5.41) is 0. The van der Waals surface area contributed by atoms with Crippen LogP contribution >= 0.6 is 0 Å². The standard InChI is InChI=1S/C11H16O/c12-6-9-3-4-10-7-1-2-8(5-7)11(9)10/h6-11H,1-5H2/t7-,8-,9-,10-,11-/m0/s1. The van der Waals surface area contributed by atoms with Gasteiger partial charge in [0.15, 0.2) is 0 Å². The normalized spacial score (nSPS) is 55.8. The molecule has 1 heteroatoms. The van der Waals surface area contributed by atoms with Crippen molar-refractivity contribution in [2.75, 3.05) is 0 Å². The molecule has 0 aromatic heterocycles. The minimum absolute atomic E-state index is 0.449. The summed E-state index contributed by atoms with van der Waals surface area (Å²) >= 11 is 0. The third kappa shape index (κ3) is 0.725. The van der Waals surface area contributed by atoms with Crippen molar-refractivity contribution in [1.82, 2.24) is 0 Å². The highest BCUT2D eigenvalue weighted by molar-refractivity contribution is 5.55. The fraction of sp³-hybridized carbons (Fsp3) is 0.909. The molecule has 1 nitrogen and oxygen atoms in total. The van der Waals surface area contributed by atoms with E-state index < -0.39 is 0 Å². The number of hydrogen-bond donors (Lipinski definition) is 0. The average molecular weight is 164 g/mol. The Morgan fingerprint density at radius 1 is 1.00 bits per heavy atom. The zero-order valence-corrected chi connectivity index (χ0v) is 7.41. The topological polar surface area (TPSA) is 17.1 Å². The van der Waals surface area contributed by atoms with E-state index in [4.69, 9.17) is 0 Å². The Kier molecular flexibility index (Phi) is 1.38. The van der Waals surface area contributed by atoms with Crippen molar-refractivity contribution in [3.05, 3.63) is 0 Å². The molecule has 5 atom stereocenters. The van der Waals surface area contributed by atoms with Gasteiger partial charge in [-0.05, 0) is 55.8 Å². The SMILES string of the molecule is O=C[C@@H]1CC[C@H]2[C@H]3CC[C@@H](C3)[C@H]21. The smallest absolute Gasteiger partial charge is 0.123 e. The maximum Gasteiger partial charge on any atom is 0.123 e. The van der Waals surface area contributed by atoms with Gasteiger partial charge in [-0.2, -0.15) is 0 Å². The number of carbonyl (C=O) groups is 1. The highest BCUT2D eigenvalue weighted by Gasteiger charge is 2.52. The quantitative estimate of drug-likeness (QED) is 0.543. The van der Waals surface area contributed by atoms with Gasteiger partial charge in [0.25, 0.3) is 0 Å². The second-order valence-corrected chi connectivity index (χ2v) is 4.95. The summed E-state index contributed by atoms with van der Waals surface area (Å²) in [6, 6.07) is 0. The van der Waals surface area contributed by atoms with Gasteiger partial charge in [0, 0.05) is 5.92 Å². The van der Waals surface area contributed by atoms with E-state index in [1.165, 1.54) is 38.4 Å². The minimum Gasteiger partial charge on any atom is -0.303 e. The first-order chi connectivity index (χ1) is 5.90. The van der Waals surface area contributed by atoms with Crippen molar-refractivity contribution in [2.24, 2.45) is 29.6 Å². The monoisotopic (exact) mass is 164 g/mol. The molecule has 3 saturated carbocycles. The van der Waals surface area contributed by atoms with Crippen LogP contribution < -0.4 is 0 Å². The fourth-order valence-corrected chi connectivity index (χ4v) is 4.29. The number of fused-ring (bicyclic) bond motifs is 5. The van der Waals surface area contributed by atoms with Gasteiger partial charge in [0.2, 0.25) is 0 Å². The molecular weight excluding hydrogens is 148 g/mol. The van der Waals surface area contributed by atoms with Crippen LogP contribution in [-0.2, 0) is 4.79 Å². The van der Waals surface area contributed by atoms with Crippen molar-refractivity contribution >= 4 is 6.29 Å². The second-order valence-electron chi connectivity index (χ2n) is 4.95. The number of aldehydes is 1. The molecule has 3 aliphatic rings. The molecule has 0 aromatic carbocycles. The van der Waals surface area contributed by atoms with E-state index in [1.807, 2.05) is 0 Å². The number of rotatable bonds is 1. The highest BCUT2D eigenvalue weighted by Crippen LogP contribution is 2.60. The molecular formula is C11H16O. The van der Waals surface area contributed by atoms with Gasteiger partial charge in [0.05, 0.1) is 0 Å². The van der Waals surface area contributed by atoms with E-state index in [1.54, 1.807) is 0 Å². The fourth-order valence-electron chi connectivity index (χ4n) is 4.29. The summed E-state index contributed by atoms with van der Waals surface area (Å²) < 4.78 is 0. The van der Waals surface area contributed by atoms with Crippen molar-refractivity contribution in [1.29, 1.82) is 0 Å². The Morgan fingerprint density at radius 3 is 2.67 bits per heavy atom. The summed E-state index contributed by atoms with van der Waals surface area (Å²) in [5.74, 6) is 4.19. The van der Waals surface area contributed by atoms with E-state index in [2.05, 4.69) is 0 Å². The van der Waals surface area contributed by atoms with E-state index in [-0.39, 0.29) is 0 Å². The van der Waals surface area contributed by atoms with Crippen molar-refractivity contribution in [2.45, 2.75) is 32.1 Å². The van der Waals surface area contributed by atoms with Crippen LogP contribution in [0.5, 0.6) is 0 Å². The van der Waals surface area contributed by atoms with Gasteiger partial charge in [-0.1, -0.05) is 0 Å². The summed E-state index contributed by atoms with van der Waals surface area (Å²) in [7, 11) is 0. The van der Waals surface area contributed by atoms with Crippen LogP contribution in [0.1, 0.15) is 32.1 Å². The van der Waals surface area contributed by atoms with Crippen LogP contribution in [0.4, 0.5) is 0 Å². The first-order valence-corrected chi connectivity index (χ1v) is 5.35. The van der Waals surface area contributed by atoms with Crippen LogP contribution in [0, 0.1) is 29.6 Å². The van der Waals surface area contributed by atoms with Crippen LogP contribution in [0.3, 0.4) is 0 Å². The summed E-state index contributed by atoms with van der Waals surface area (Å²) in [4.78, 5) is 10.8. The van der Waals surface area contributed by atoms with Crippen LogP contribution in [0.25, 0.3) is 0 Å². The summed E-state index contributed by atoms with van der Waals surface area (Å²) in [6.07, 6.45) is 8.15. The maximum atomic E-state index is 10.8. The van der Waals surface area contributed by atoms with Crippen LogP contribution in [0.15, 0.2) is 0 Å². The van der Waals surface area contributed by atoms with E-state index >= 15 is 0 Å². The molecule has 3 rings (SSSR count). The predicted octanol–water partition coefficient (Wildman–Crippen LogP) is 2.26. The maximum absolute atomic E-state index is 10.8. The molecule has 0 N–H and O–H groups in total. The van der Waals surface area contributed by atoms with E-state index in [0.29, 0.717) is 5.92 Å². The predicted molar refractivity (Wildman–Crippen MR) is 46.6 cm³/mol. The molecule has 66 valence electrons. The molecule has 0 unspecified atom stereocenters. The molecule has 12 heavy (non-hydrogen) atoms. The number of hydrogen-bond acceptors (Lipinski definition) is 1. The number of carbonyl (C=O) groups excluding carboxylic acids is 1. The van der Waals surface area contributed by atoms with Crippen molar-refractivity contribution in [3.8, 4) is 0 Å². The molecule has 0 aromatic rings. The lowest BCUT2D eigenvalue weighted by Crippen LogP contribution is -2.22. The second kappa shape index (κ2) is 2.34. The molecule has 0 saturated heterocycles. The molecule has 2 bridgehead atoms. The van der Waals surface area contributed by atoms with Crippen LogP contribution in [0.2, 0.25) is 0 Å². The Bertz CT molecular complexity index is 211. The Balaban J connectivity index is 1.89. The summed E-state index contributed by atoms with van der Waals surface area (Å²) in [6.45, 7) is 0. The van der Waals surface area contributed by atoms with Crippen LogP contribution in [-0.4, -0.2) is 6.29 Å². The van der Waals surface area contributed by atoms with Gasteiger partial charge >= 0.3 is 0 Å². The third-order valence-electron chi connectivity index (χ3n) is 4.66. The lowest BCUT2D eigenvalue weighted by Gasteiger charge is -2.26. The molecule has 0 spiro atoms. The van der Waals surface area contributed by atoms with Gasteiger partial charge < -0.3 is 4.79 Å². The molecule has 3 aliphatic carbocycles. The molecule has 3 fully saturated rings. The average Bonchev–Trinajstić information content (AvgIpc) is 2.76. The van der Waals surface area contributed by atoms with Crippen molar-refractivity contribution in [3.63, 3.8) is 0 Å². The zero-order valence-electron chi connectivity index (χ0n) is 7.41. The minimum atomic E-state index is 0.449.